The molecule has 0 aromatic heterocycles. The van der Waals surface area contributed by atoms with Crippen LogP contribution in [-0.2, 0) is 6.18 Å². The first-order valence-electron chi connectivity index (χ1n) is 6.23. The summed E-state index contributed by atoms with van der Waals surface area (Å²) in [6.45, 7) is 3.73. The number of benzene rings is 2. The Morgan fingerprint density at radius 2 is 1.48 bits per heavy atom. The summed E-state index contributed by atoms with van der Waals surface area (Å²) in [5.41, 5.74) is 1.14. The second-order valence-electron chi connectivity index (χ2n) is 4.79. The molecule has 0 aliphatic rings. The molecule has 0 bridgehead atoms. The van der Waals surface area contributed by atoms with Crippen LogP contribution in [0, 0.1) is 13.8 Å². The fourth-order valence-electron chi connectivity index (χ4n) is 1.95. The van der Waals surface area contributed by atoms with Gasteiger partial charge in [0.25, 0.3) is 0 Å². The number of aryl methyl sites for hydroxylation is 2. The summed E-state index contributed by atoms with van der Waals surface area (Å²) in [7, 11) is 0. The van der Waals surface area contributed by atoms with Gasteiger partial charge in [-0.15, -0.1) is 0 Å². The molecule has 0 atom stereocenters. The van der Waals surface area contributed by atoms with Gasteiger partial charge in [0.15, 0.2) is 0 Å². The Morgan fingerprint density at radius 3 is 1.95 bits per heavy atom. The maximum Gasteiger partial charge on any atom is 0.416 e. The van der Waals surface area contributed by atoms with E-state index in [2.05, 4.69) is 0 Å². The highest BCUT2D eigenvalue weighted by Crippen LogP contribution is 2.29. The minimum absolute atomic E-state index is 0.0714. The van der Waals surface area contributed by atoms with Gasteiger partial charge in [-0.3, -0.25) is 0 Å². The van der Waals surface area contributed by atoms with Crippen molar-refractivity contribution in [3.63, 3.8) is 0 Å². The van der Waals surface area contributed by atoms with Crippen molar-refractivity contribution < 1.29 is 22.7 Å². The number of esters is 1. The highest BCUT2D eigenvalue weighted by Gasteiger charge is 2.30. The molecule has 0 radical (unpaired) electrons. The van der Waals surface area contributed by atoms with Crippen LogP contribution in [0.3, 0.4) is 0 Å². The molecule has 5 heteroatoms. The number of carbonyl (C=O) groups excluding carboxylic acids is 1. The fourth-order valence-corrected chi connectivity index (χ4v) is 1.95. The standard InChI is InChI=1S/C16H13F3O2/c1-10-7-11(2)9-14(8-10)21-15(20)12-3-5-13(6-4-12)16(17,18)19/h3-9H,1-2H3. The average molecular weight is 294 g/mol. The largest absolute Gasteiger partial charge is 0.423 e. The Hall–Kier alpha value is -2.30. The fraction of sp³-hybridized carbons (Fsp3) is 0.188. The Kier molecular flexibility index (Phi) is 4.02. The smallest absolute Gasteiger partial charge is 0.416 e. The lowest BCUT2D eigenvalue weighted by atomic mass is 10.1. The van der Waals surface area contributed by atoms with E-state index in [-0.39, 0.29) is 5.56 Å². The van der Waals surface area contributed by atoms with Crippen molar-refractivity contribution >= 4 is 5.97 Å². The molecule has 0 unspecified atom stereocenters. The number of carbonyl (C=O) groups is 1. The van der Waals surface area contributed by atoms with Gasteiger partial charge in [0.05, 0.1) is 11.1 Å². The molecular weight excluding hydrogens is 281 g/mol. The molecule has 0 spiro atoms. The molecule has 0 aliphatic heterocycles. The summed E-state index contributed by atoms with van der Waals surface area (Å²) in [6, 6.07) is 9.23. The number of ether oxygens (including phenoxy) is 1. The third kappa shape index (κ3) is 3.84. The summed E-state index contributed by atoms with van der Waals surface area (Å²) < 4.78 is 42.5. The Labute approximate surface area is 120 Å². The molecule has 0 heterocycles. The lowest BCUT2D eigenvalue weighted by Gasteiger charge is -2.08. The molecule has 2 rings (SSSR count). The van der Waals surface area contributed by atoms with E-state index in [1.165, 1.54) is 0 Å². The number of hydrogen-bond donors (Lipinski definition) is 0. The summed E-state index contributed by atoms with van der Waals surface area (Å²) in [5, 5.41) is 0. The molecule has 21 heavy (non-hydrogen) atoms. The van der Waals surface area contributed by atoms with Crippen LogP contribution in [0.2, 0.25) is 0 Å². The van der Waals surface area contributed by atoms with Gasteiger partial charge in [-0.2, -0.15) is 13.2 Å². The second kappa shape index (κ2) is 5.60. The predicted molar refractivity (Wildman–Crippen MR) is 72.3 cm³/mol. The molecule has 0 saturated heterocycles. The minimum Gasteiger partial charge on any atom is -0.423 e. The van der Waals surface area contributed by atoms with E-state index < -0.39 is 17.7 Å². The van der Waals surface area contributed by atoms with E-state index in [1.54, 1.807) is 12.1 Å². The number of rotatable bonds is 2. The maximum atomic E-state index is 12.4. The summed E-state index contributed by atoms with van der Waals surface area (Å²) in [4.78, 5) is 11.9. The molecule has 0 amide bonds. The van der Waals surface area contributed by atoms with Gasteiger partial charge in [-0.1, -0.05) is 6.07 Å². The van der Waals surface area contributed by atoms with Crippen molar-refractivity contribution in [1.29, 1.82) is 0 Å². The first-order valence-corrected chi connectivity index (χ1v) is 6.23. The Bertz CT molecular complexity index is 638. The van der Waals surface area contributed by atoms with Gasteiger partial charge in [-0.25, -0.2) is 4.79 Å². The Balaban J connectivity index is 2.17. The van der Waals surface area contributed by atoms with Crippen LogP contribution in [-0.4, -0.2) is 5.97 Å². The molecule has 0 aliphatic carbocycles. The Morgan fingerprint density at radius 1 is 0.952 bits per heavy atom. The molecule has 2 aromatic carbocycles. The van der Waals surface area contributed by atoms with Gasteiger partial charge in [0.1, 0.15) is 5.75 Å². The van der Waals surface area contributed by atoms with Gasteiger partial charge < -0.3 is 4.74 Å². The van der Waals surface area contributed by atoms with Crippen molar-refractivity contribution in [2.75, 3.05) is 0 Å². The number of hydrogen-bond acceptors (Lipinski definition) is 2. The number of alkyl halides is 3. The van der Waals surface area contributed by atoms with Crippen LogP contribution in [0.15, 0.2) is 42.5 Å². The minimum atomic E-state index is -4.42. The van der Waals surface area contributed by atoms with Crippen molar-refractivity contribution in [1.82, 2.24) is 0 Å². The van der Waals surface area contributed by atoms with E-state index >= 15 is 0 Å². The molecule has 0 fully saturated rings. The molecule has 2 nitrogen and oxygen atoms in total. The summed E-state index contributed by atoms with van der Waals surface area (Å²) >= 11 is 0. The van der Waals surface area contributed by atoms with Gasteiger partial charge in [-0.05, 0) is 61.4 Å². The normalized spacial score (nSPS) is 11.3. The van der Waals surface area contributed by atoms with Crippen LogP contribution in [0.25, 0.3) is 0 Å². The molecule has 0 saturated carbocycles. The zero-order valence-electron chi connectivity index (χ0n) is 11.5. The van der Waals surface area contributed by atoms with Crippen LogP contribution in [0.4, 0.5) is 13.2 Å². The molecule has 0 N–H and O–H groups in total. The molecule has 110 valence electrons. The zero-order chi connectivity index (χ0) is 15.6. The van der Waals surface area contributed by atoms with Crippen LogP contribution in [0.5, 0.6) is 5.75 Å². The lowest BCUT2D eigenvalue weighted by Crippen LogP contribution is -2.10. The van der Waals surface area contributed by atoms with Crippen molar-refractivity contribution in [2.24, 2.45) is 0 Å². The summed E-state index contributed by atoms with van der Waals surface area (Å²) in [5.74, 6) is -0.314. The second-order valence-corrected chi connectivity index (χ2v) is 4.79. The first-order chi connectivity index (χ1) is 9.75. The third-order valence-corrected chi connectivity index (χ3v) is 2.85. The monoisotopic (exact) mass is 294 g/mol. The van der Waals surface area contributed by atoms with Gasteiger partial charge in [0.2, 0.25) is 0 Å². The topological polar surface area (TPSA) is 26.3 Å². The summed E-state index contributed by atoms with van der Waals surface area (Å²) in [6.07, 6.45) is -4.42. The quantitative estimate of drug-likeness (QED) is 0.600. The first kappa shape index (κ1) is 15.1. The van der Waals surface area contributed by atoms with Gasteiger partial charge in [0, 0.05) is 0 Å². The van der Waals surface area contributed by atoms with Crippen molar-refractivity contribution in [3.05, 3.63) is 64.7 Å². The highest BCUT2D eigenvalue weighted by atomic mass is 19.4. The highest BCUT2D eigenvalue weighted by molar-refractivity contribution is 5.91. The van der Waals surface area contributed by atoms with Crippen molar-refractivity contribution in [2.45, 2.75) is 20.0 Å². The van der Waals surface area contributed by atoms with Crippen molar-refractivity contribution in [3.8, 4) is 5.75 Å². The molecular formula is C16H13F3O2. The van der Waals surface area contributed by atoms with Crippen LogP contribution in [0.1, 0.15) is 27.0 Å². The molecule has 2 aromatic rings. The SMILES string of the molecule is Cc1cc(C)cc(OC(=O)c2ccc(C(F)(F)F)cc2)c1. The average Bonchev–Trinajstić information content (AvgIpc) is 2.36. The van der Waals surface area contributed by atoms with E-state index in [4.69, 9.17) is 4.74 Å². The van der Waals surface area contributed by atoms with E-state index in [1.807, 2.05) is 19.9 Å². The lowest BCUT2D eigenvalue weighted by molar-refractivity contribution is -0.137. The van der Waals surface area contributed by atoms with E-state index in [0.29, 0.717) is 5.75 Å². The van der Waals surface area contributed by atoms with E-state index in [0.717, 1.165) is 35.4 Å². The third-order valence-electron chi connectivity index (χ3n) is 2.85. The van der Waals surface area contributed by atoms with E-state index in [9.17, 15) is 18.0 Å². The zero-order valence-corrected chi connectivity index (χ0v) is 11.5. The van der Waals surface area contributed by atoms with Gasteiger partial charge >= 0.3 is 12.1 Å². The van der Waals surface area contributed by atoms with Crippen LogP contribution >= 0.6 is 0 Å². The maximum absolute atomic E-state index is 12.4. The van der Waals surface area contributed by atoms with Crippen LogP contribution < -0.4 is 4.74 Å². The number of halogens is 3. The predicted octanol–water partition coefficient (Wildman–Crippen LogP) is 4.54.